The Hall–Kier alpha value is -2.33. The Balaban J connectivity index is 1.33. The van der Waals surface area contributed by atoms with E-state index >= 15 is 0 Å². The van der Waals surface area contributed by atoms with E-state index in [0.29, 0.717) is 6.54 Å². The van der Waals surface area contributed by atoms with Gasteiger partial charge in [0.1, 0.15) is 5.75 Å². The normalized spacial score (nSPS) is 13.9. The number of ether oxygens (including phenoxy) is 1. The molecule has 1 heterocycles. The Morgan fingerprint density at radius 2 is 1.96 bits per heavy atom. The van der Waals surface area contributed by atoms with Crippen molar-refractivity contribution in [2.45, 2.75) is 33.2 Å². The molecule has 2 aromatic carbocycles. The van der Waals surface area contributed by atoms with Crippen LogP contribution in [0.5, 0.6) is 5.75 Å². The van der Waals surface area contributed by atoms with Crippen LogP contribution in [0.1, 0.15) is 28.7 Å². The van der Waals surface area contributed by atoms with Crippen molar-refractivity contribution in [3.63, 3.8) is 0 Å². The fourth-order valence-corrected chi connectivity index (χ4v) is 3.43. The number of nitrogens with one attached hydrogen (secondary N) is 1. The first-order valence-corrected chi connectivity index (χ1v) is 9.38. The summed E-state index contributed by atoms with van der Waals surface area (Å²) < 4.78 is 5.62. The molecule has 0 atom stereocenters. The van der Waals surface area contributed by atoms with Gasteiger partial charge in [0.2, 0.25) is 0 Å². The minimum absolute atomic E-state index is 0.0611. The summed E-state index contributed by atoms with van der Waals surface area (Å²) in [5.41, 5.74) is 5.16. The minimum Gasteiger partial charge on any atom is -0.484 e. The summed E-state index contributed by atoms with van der Waals surface area (Å²) in [6.45, 7) is 7.92. The molecule has 0 unspecified atom stereocenters. The fourth-order valence-electron chi connectivity index (χ4n) is 3.43. The predicted molar refractivity (Wildman–Crippen MR) is 104 cm³/mol. The van der Waals surface area contributed by atoms with Gasteiger partial charge in [-0.3, -0.25) is 9.69 Å². The highest BCUT2D eigenvalue weighted by Crippen LogP contribution is 2.19. The van der Waals surface area contributed by atoms with Gasteiger partial charge in [-0.1, -0.05) is 42.0 Å². The molecule has 1 amide bonds. The van der Waals surface area contributed by atoms with E-state index in [1.807, 2.05) is 26.0 Å². The Morgan fingerprint density at radius 3 is 2.77 bits per heavy atom. The highest BCUT2D eigenvalue weighted by Gasteiger charge is 2.15. The molecule has 0 spiro atoms. The molecule has 1 aliphatic rings. The van der Waals surface area contributed by atoms with E-state index in [1.54, 1.807) is 0 Å². The highest BCUT2D eigenvalue weighted by atomic mass is 16.5. The van der Waals surface area contributed by atoms with Crippen molar-refractivity contribution in [2.24, 2.45) is 0 Å². The van der Waals surface area contributed by atoms with E-state index in [9.17, 15) is 4.79 Å². The molecule has 1 aliphatic heterocycles. The number of fused-ring (bicyclic) bond motifs is 1. The van der Waals surface area contributed by atoms with Crippen LogP contribution in [0.3, 0.4) is 0 Å². The van der Waals surface area contributed by atoms with Crippen molar-refractivity contribution in [1.82, 2.24) is 10.2 Å². The van der Waals surface area contributed by atoms with Gasteiger partial charge in [0, 0.05) is 26.2 Å². The lowest BCUT2D eigenvalue weighted by molar-refractivity contribution is -0.123. The molecule has 0 saturated carbocycles. The number of benzene rings is 2. The molecule has 0 bridgehead atoms. The van der Waals surface area contributed by atoms with Gasteiger partial charge in [-0.05, 0) is 49.4 Å². The Labute approximate surface area is 156 Å². The molecule has 1 N–H and O–H groups in total. The van der Waals surface area contributed by atoms with E-state index in [2.05, 4.69) is 40.5 Å². The molecule has 4 nitrogen and oxygen atoms in total. The molecule has 138 valence electrons. The summed E-state index contributed by atoms with van der Waals surface area (Å²) >= 11 is 0. The number of hydrogen-bond donors (Lipinski definition) is 1. The monoisotopic (exact) mass is 352 g/mol. The summed E-state index contributed by atoms with van der Waals surface area (Å²) in [6.07, 6.45) is 2.07. The van der Waals surface area contributed by atoms with Gasteiger partial charge in [-0.2, -0.15) is 0 Å². The predicted octanol–water partition coefficient (Wildman–Crippen LogP) is 3.25. The average Bonchev–Trinajstić information content (AvgIpc) is 2.64. The SMILES string of the molecule is Cc1ccc(OCC(=O)NCCCN2CCc3ccccc3C2)c(C)c1. The van der Waals surface area contributed by atoms with E-state index in [1.165, 1.54) is 16.7 Å². The average molecular weight is 352 g/mol. The number of aryl methyl sites for hydroxylation is 2. The van der Waals surface area contributed by atoms with Crippen molar-refractivity contribution < 1.29 is 9.53 Å². The van der Waals surface area contributed by atoms with Crippen LogP contribution in [0.25, 0.3) is 0 Å². The van der Waals surface area contributed by atoms with Crippen molar-refractivity contribution in [2.75, 3.05) is 26.2 Å². The van der Waals surface area contributed by atoms with Gasteiger partial charge in [0.05, 0.1) is 0 Å². The van der Waals surface area contributed by atoms with Crippen LogP contribution in [-0.2, 0) is 17.8 Å². The second-order valence-corrected chi connectivity index (χ2v) is 7.06. The Morgan fingerprint density at radius 1 is 1.15 bits per heavy atom. The first-order valence-electron chi connectivity index (χ1n) is 9.38. The number of carbonyl (C=O) groups excluding carboxylic acids is 1. The fraction of sp³-hybridized carbons (Fsp3) is 0.409. The van der Waals surface area contributed by atoms with E-state index < -0.39 is 0 Å². The van der Waals surface area contributed by atoms with Crippen LogP contribution in [0, 0.1) is 13.8 Å². The van der Waals surface area contributed by atoms with E-state index in [-0.39, 0.29) is 12.5 Å². The number of carbonyl (C=O) groups is 1. The molecule has 0 fully saturated rings. The second kappa shape index (κ2) is 8.86. The first-order chi connectivity index (χ1) is 12.6. The third-order valence-corrected chi connectivity index (χ3v) is 4.87. The summed E-state index contributed by atoms with van der Waals surface area (Å²) in [6, 6.07) is 14.6. The maximum absolute atomic E-state index is 12.0. The lowest BCUT2D eigenvalue weighted by Crippen LogP contribution is -2.35. The van der Waals surface area contributed by atoms with Crippen molar-refractivity contribution in [1.29, 1.82) is 0 Å². The number of rotatable bonds is 7. The molecular formula is C22H28N2O2. The summed E-state index contributed by atoms with van der Waals surface area (Å²) in [5, 5.41) is 2.95. The lowest BCUT2D eigenvalue weighted by Gasteiger charge is -2.28. The number of hydrogen-bond acceptors (Lipinski definition) is 3. The van der Waals surface area contributed by atoms with Gasteiger partial charge < -0.3 is 10.1 Å². The van der Waals surface area contributed by atoms with Gasteiger partial charge in [0.15, 0.2) is 6.61 Å². The third kappa shape index (κ3) is 5.09. The van der Waals surface area contributed by atoms with E-state index in [4.69, 9.17) is 4.74 Å². The Bertz CT molecular complexity index is 758. The maximum atomic E-state index is 12.0. The van der Waals surface area contributed by atoms with Gasteiger partial charge in [-0.15, -0.1) is 0 Å². The summed E-state index contributed by atoms with van der Waals surface area (Å²) in [7, 11) is 0. The van der Waals surface area contributed by atoms with Gasteiger partial charge >= 0.3 is 0 Å². The van der Waals surface area contributed by atoms with Crippen LogP contribution < -0.4 is 10.1 Å². The first kappa shape index (κ1) is 18.5. The van der Waals surface area contributed by atoms with Gasteiger partial charge in [0.25, 0.3) is 5.91 Å². The molecule has 2 aromatic rings. The second-order valence-electron chi connectivity index (χ2n) is 7.06. The number of nitrogens with zero attached hydrogens (tertiary/aromatic N) is 1. The smallest absolute Gasteiger partial charge is 0.257 e. The molecular weight excluding hydrogens is 324 g/mol. The standard InChI is InChI=1S/C22H28N2O2/c1-17-8-9-21(18(2)14-17)26-16-22(25)23-11-5-12-24-13-10-19-6-3-4-7-20(19)15-24/h3-4,6-9,14H,5,10-13,15-16H2,1-2H3,(H,23,25). The third-order valence-electron chi connectivity index (χ3n) is 4.87. The maximum Gasteiger partial charge on any atom is 0.257 e. The lowest BCUT2D eigenvalue weighted by atomic mass is 10.00. The molecule has 0 aromatic heterocycles. The van der Waals surface area contributed by atoms with Gasteiger partial charge in [-0.25, -0.2) is 0 Å². The van der Waals surface area contributed by atoms with Crippen LogP contribution in [0.2, 0.25) is 0 Å². The molecule has 3 rings (SSSR count). The molecule has 0 radical (unpaired) electrons. The topological polar surface area (TPSA) is 41.6 Å². The molecule has 26 heavy (non-hydrogen) atoms. The van der Waals surface area contributed by atoms with Crippen molar-refractivity contribution in [3.05, 3.63) is 64.7 Å². The molecule has 0 saturated heterocycles. The Kier molecular flexibility index (Phi) is 6.29. The molecule has 0 aliphatic carbocycles. The van der Waals surface area contributed by atoms with Crippen LogP contribution in [0.15, 0.2) is 42.5 Å². The number of amides is 1. The quantitative estimate of drug-likeness (QED) is 0.778. The van der Waals surface area contributed by atoms with E-state index in [0.717, 1.165) is 43.8 Å². The zero-order chi connectivity index (χ0) is 18.4. The molecule has 4 heteroatoms. The summed E-state index contributed by atoms with van der Waals surface area (Å²) in [5.74, 6) is 0.715. The minimum atomic E-state index is -0.0611. The highest BCUT2D eigenvalue weighted by molar-refractivity contribution is 5.77. The van der Waals surface area contributed by atoms with Crippen LogP contribution >= 0.6 is 0 Å². The van der Waals surface area contributed by atoms with Crippen LogP contribution in [-0.4, -0.2) is 37.0 Å². The summed E-state index contributed by atoms with van der Waals surface area (Å²) in [4.78, 5) is 14.4. The zero-order valence-corrected chi connectivity index (χ0v) is 15.8. The zero-order valence-electron chi connectivity index (χ0n) is 15.8. The van der Waals surface area contributed by atoms with Crippen molar-refractivity contribution >= 4 is 5.91 Å². The van der Waals surface area contributed by atoms with Crippen LogP contribution in [0.4, 0.5) is 0 Å². The largest absolute Gasteiger partial charge is 0.484 e. The van der Waals surface area contributed by atoms with Crippen molar-refractivity contribution in [3.8, 4) is 5.75 Å².